The first-order chi connectivity index (χ1) is 9.63. The SMILES string of the molecule is CC(C)=CCN1CCC(NCCc2cnn(C)c2)CC1. The molecule has 4 nitrogen and oxygen atoms in total. The molecular weight excluding hydrogens is 248 g/mol. The molecule has 1 aliphatic heterocycles. The lowest BCUT2D eigenvalue weighted by atomic mass is 10.0. The van der Waals surface area contributed by atoms with Gasteiger partial charge in [0.1, 0.15) is 0 Å². The van der Waals surface area contributed by atoms with Crippen molar-refractivity contribution in [1.82, 2.24) is 20.0 Å². The molecule has 0 radical (unpaired) electrons. The van der Waals surface area contributed by atoms with Crippen molar-refractivity contribution >= 4 is 0 Å². The van der Waals surface area contributed by atoms with E-state index in [1.807, 2.05) is 17.9 Å². The first-order valence-electron chi connectivity index (χ1n) is 7.70. The number of piperidine rings is 1. The summed E-state index contributed by atoms with van der Waals surface area (Å²) in [6.07, 6.45) is 10.0. The van der Waals surface area contributed by atoms with Crippen molar-refractivity contribution in [3.05, 3.63) is 29.6 Å². The summed E-state index contributed by atoms with van der Waals surface area (Å²) < 4.78 is 1.87. The summed E-state index contributed by atoms with van der Waals surface area (Å²) >= 11 is 0. The third-order valence-electron chi connectivity index (χ3n) is 3.95. The summed E-state index contributed by atoms with van der Waals surface area (Å²) in [7, 11) is 1.97. The van der Waals surface area contributed by atoms with Crippen molar-refractivity contribution in [1.29, 1.82) is 0 Å². The van der Waals surface area contributed by atoms with Crippen molar-refractivity contribution in [2.45, 2.75) is 39.2 Å². The molecule has 112 valence electrons. The molecule has 1 aromatic heterocycles. The number of aryl methyl sites for hydroxylation is 1. The molecule has 0 aromatic carbocycles. The minimum atomic E-state index is 0.689. The van der Waals surface area contributed by atoms with E-state index in [0.717, 1.165) is 19.5 Å². The van der Waals surface area contributed by atoms with Crippen LogP contribution in [0.2, 0.25) is 0 Å². The highest BCUT2D eigenvalue weighted by molar-refractivity contribution is 5.04. The summed E-state index contributed by atoms with van der Waals surface area (Å²) in [6.45, 7) is 8.96. The molecular formula is C16H28N4. The summed E-state index contributed by atoms with van der Waals surface area (Å²) in [5, 5.41) is 7.89. The van der Waals surface area contributed by atoms with Crippen LogP contribution in [0.25, 0.3) is 0 Å². The van der Waals surface area contributed by atoms with Crippen molar-refractivity contribution in [2.24, 2.45) is 7.05 Å². The van der Waals surface area contributed by atoms with Crippen LogP contribution in [0.3, 0.4) is 0 Å². The van der Waals surface area contributed by atoms with Crippen LogP contribution >= 0.6 is 0 Å². The Hall–Kier alpha value is -1.13. The second-order valence-corrected chi connectivity index (χ2v) is 6.08. The molecule has 0 spiro atoms. The standard InChI is InChI=1S/C16H28N4/c1-14(2)5-9-20-10-6-16(7-11-20)17-8-4-15-12-18-19(3)13-15/h5,12-13,16-17H,4,6-11H2,1-3H3. The third-order valence-corrected chi connectivity index (χ3v) is 3.95. The van der Waals surface area contributed by atoms with Gasteiger partial charge in [0, 0.05) is 25.8 Å². The molecule has 1 saturated heterocycles. The van der Waals surface area contributed by atoms with Gasteiger partial charge in [-0.2, -0.15) is 5.10 Å². The zero-order chi connectivity index (χ0) is 14.4. The van der Waals surface area contributed by atoms with Gasteiger partial charge in [-0.25, -0.2) is 0 Å². The van der Waals surface area contributed by atoms with Gasteiger partial charge in [0.25, 0.3) is 0 Å². The largest absolute Gasteiger partial charge is 0.314 e. The van der Waals surface area contributed by atoms with Crippen molar-refractivity contribution in [2.75, 3.05) is 26.2 Å². The Morgan fingerprint density at radius 1 is 1.40 bits per heavy atom. The zero-order valence-corrected chi connectivity index (χ0v) is 13.1. The average Bonchev–Trinajstić information content (AvgIpc) is 2.83. The van der Waals surface area contributed by atoms with Crippen LogP contribution in [0.15, 0.2) is 24.0 Å². The molecule has 2 rings (SSSR count). The predicted octanol–water partition coefficient (Wildman–Crippen LogP) is 1.98. The molecule has 0 amide bonds. The molecule has 1 fully saturated rings. The van der Waals surface area contributed by atoms with E-state index in [9.17, 15) is 0 Å². The molecule has 0 atom stereocenters. The summed E-state index contributed by atoms with van der Waals surface area (Å²) in [4.78, 5) is 2.55. The first-order valence-corrected chi connectivity index (χ1v) is 7.70. The number of hydrogen-bond acceptors (Lipinski definition) is 3. The van der Waals surface area contributed by atoms with E-state index in [1.54, 1.807) is 0 Å². The fraction of sp³-hybridized carbons (Fsp3) is 0.688. The Morgan fingerprint density at radius 2 is 2.15 bits per heavy atom. The number of allylic oxidation sites excluding steroid dienone is 1. The van der Waals surface area contributed by atoms with Crippen LogP contribution in [-0.4, -0.2) is 46.9 Å². The highest BCUT2D eigenvalue weighted by Gasteiger charge is 2.17. The van der Waals surface area contributed by atoms with Gasteiger partial charge in [0.2, 0.25) is 0 Å². The van der Waals surface area contributed by atoms with Gasteiger partial charge in [0.15, 0.2) is 0 Å². The minimum Gasteiger partial charge on any atom is -0.314 e. The molecule has 20 heavy (non-hydrogen) atoms. The monoisotopic (exact) mass is 276 g/mol. The van der Waals surface area contributed by atoms with E-state index < -0.39 is 0 Å². The van der Waals surface area contributed by atoms with E-state index >= 15 is 0 Å². The number of aromatic nitrogens is 2. The van der Waals surface area contributed by atoms with Gasteiger partial charge >= 0.3 is 0 Å². The fourth-order valence-electron chi connectivity index (χ4n) is 2.65. The van der Waals surface area contributed by atoms with E-state index in [2.05, 4.69) is 41.4 Å². The van der Waals surface area contributed by atoms with Crippen molar-refractivity contribution in [3.8, 4) is 0 Å². The van der Waals surface area contributed by atoms with Crippen LogP contribution < -0.4 is 5.32 Å². The van der Waals surface area contributed by atoms with Crippen LogP contribution in [0.5, 0.6) is 0 Å². The molecule has 4 heteroatoms. The first kappa shape index (κ1) is 15.3. The van der Waals surface area contributed by atoms with Gasteiger partial charge < -0.3 is 5.32 Å². The lowest BCUT2D eigenvalue weighted by Gasteiger charge is -2.31. The minimum absolute atomic E-state index is 0.689. The molecule has 0 saturated carbocycles. The van der Waals surface area contributed by atoms with E-state index in [1.165, 1.54) is 37.1 Å². The third kappa shape index (κ3) is 5.10. The van der Waals surface area contributed by atoms with E-state index in [4.69, 9.17) is 0 Å². The Kier molecular flexibility index (Phi) is 5.80. The lowest BCUT2D eigenvalue weighted by molar-refractivity contribution is 0.215. The Balaban J connectivity index is 1.61. The van der Waals surface area contributed by atoms with Crippen molar-refractivity contribution < 1.29 is 0 Å². The molecule has 1 N–H and O–H groups in total. The number of nitrogens with zero attached hydrogens (tertiary/aromatic N) is 3. The Morgan fingerprint density at radius 3 is 2.75 bits per heavy atom. The number of likely N-dealkylation sites (tertiary alicyclic amines) is 1. The average molecular weight is 276 g/mol. The van der Waals surface area contributed by atoms with E-state index in [0.29, 0.717) is 6.04 Å². The van der Waals surface area contributed by atoms with Crippen LogP contribution in [0.1, 0.15) is 32.3 Å². The normalized spacial score (nSPS) is 17.4. The predicted molar refractivity (Wildman–Crippen MR) is 83.8 cm³/mol. The topological polar surface area (TPSA) is 33.1 Å². The molecule has 1 aromatic rings. The summed E-state index contributed by atoms with van der Waals surface area (Å²) in [6, 6.07) is 0.689. The Bertz CT molecular complexity index is 423. The fourth-order valence-corrected chi connectivity index (χ4v) is 2.65. The second-order valence-electron chi connectivity index (χ2n) is 6.08. The van der Waals surface area contributed by atoms with Crippen molar-refractivity contribution in [3.63, 3.8) is 0 Å². The van der Waals surface area contributed by atoms with E-state index in [-0.39, 0.29) is 0 Å². The molecule has 0 unspecified atom stereocenters. The molecule has 2 heterocycles. The molecule has 0 bridgehead atoms. The number of nitrogens with one attached hydrogen (secondary N) is 1. The van der Waals surface area contributed by atoms with Crippen LogP contribution in [0, 0.1) is 0 Å². The number of hydrogen-bond donors (Lipinski definition) is 1. The highest BCUT2D eigenvalue weighted by Crippen LogP contribution is 2.10. The summed E-state index contributed by atoms with van der Waals surface area (Å²) in [5.74, 6) is 0. The Labute approximate surface area is 122 Å². The molecule has 0 aliphatic carbocycles. The number of rotatable bonds is 6. The quantitative estimate of drug-likeness (QED) is 0.807. The van der Waals surface area contributed by atoms with Gasteiger partial charge in [-0.15, -0.1) is 0 Å². The maximum absolute atomic E-state index is 4.20. The highest BCUT2D eigenvalue weighted by atomic mass is 15.2. The van der Waals surface area contributed by atoms with Crippen LogP contribution in [0.4, 0.5) is 0 Å². The molecule has 1 aliphatic rings. The second kappa shape index (κ2) is 7.60. The van der Waals surface area contributed by atoms with Gasteiger partial charge in [-0.1, -0.05) is 11.6 Å². The maximum Gasteiger partial charge on any atom is 0.0522 e. The van der Waals surface area contributed by atoms with Gasteiger partial charge in [-0.05, 0) is 58.3 Å². The maximum atomic E-state index is 4.20. The van der Waals surface area contributed by atoms with Gasteiger partial charge in [0.05, 0.1) is 6.20 Å². The smallest absolute Gasteiger partial charge is 0.0522 e. The lowest BCUT2D eigenvalue weighted by Crippen LogP contribution is -2.43. The van der Waals surface area contributed by atoms with Gasteiger partial charge in [-0.3, -0.25) is 9.58 Å². The zero-order valence-electron chi connectivity index (χ0n) is 13.1. The summed E-state index contributed by atoms with van der Waals surface area (Å²) in [5.41, 5.74) is 2.74. The van der Waals surface area contributed by atoms with Crippen LogP contribution in [-0.2, 0) is 13.5 Å².